The molecular formula is C27H31FN2O3S. The standard InChI is InChI=1S/C27H31FN2O3S/c1-4-21-5-9-23(10-6-21)27(32)29(14-15-33-3)19-26(31)30(18-25-20(2)13-16-34-25)17-22-7-11-24(28)12-8-22/h5-13,16H,4,14-15,17-19H2,1-3H3. The van der Waals surface area contributed by atoms with Gasteiger partial charge in [0.25, 0.3) is 5.91 Å². The molecule has 7 heteroatoms. The summed E-state index contributed by atoms with van der Waals surface area (Å²) in [6.07, 6.45) is 0.890. The molecule has 0 aliphatic rings. The molecule has 0 atom stereocenters. The van der Waals surface area contributed by atoms with Gasteiger partial charge in [-0.1, -0.05) is 31.2 Å². The van der Waals surface area contributed by atoms with Crippen molar-refractivity contribution in [2.24, 2.45) is 0 Å². The highest BCUT2D eigenvalue weighted by Gasteiger charge is 2.23. The predicted molar refractivity (Wildman–Crippen MR) is 133 cm³/mol. The first-order valence-electron chi connectivity index (χ1n) is 11.3. The van der Waals surface area contributed by atoms with Crippen LogP contribution in [0.4, 0.5) is 4.39 Å². The molecule has 0 unspecified atom stereocenters. The zero-order valence-electron chi connectivity index (χ0n) is 19.9. The number of ether oxygens (including phenoxy) is 1. The molecule has 3 rings (SSSR count). The summed E-state index contributed by atoms with van der Waals surface area (Å²) in [5.41, 5.74) is 3.63. The van der Waals surface area contributed by atoms with Gasteiger partial charge in [-0.25, -0.2) is 4.39 Å². The van der Waals surface area contributed by atoms with E-state index in [9.17, 15) is 14.0 Å². The molecule has 0 saturated carbocycles. The molecule has 34 heavy (non-hydrogen) atoms. The van der Waals surface area contributed by atoms with E-state index >= 15 is 0 Å². The van der Waals surface area contributed by atoms with Gasteiger partial charge in [0, 0.05) is 30.6 Å². The lowest BCUT2D eigenvalue weighted by molar-refractivity contribution is -0.133. The highest BCUT2D eigenvalue weighted by molar-refractivity contribution is 7.10. The summed E-state index contributed by atoms with van der Waals surface area (Å²) in [5, 5.41) is 2.00. The van der Waals surface area contributed by atoms with Gasteiger partial charge in [0.1, 0.15) is 12.4 Å². The minimum Gasteiger partial charge on any atom is -0.383 e. The molecule has 1 heterocycles. The molecule has 1 aromatic heterocycles. The van der Waals surface area contributed by atoms with Crippen LogP contribution in [0, 0.1) is 12.7 Å². The number of rotatable bonds is 11. The topological polar surface area (TPSA) is 49.9 Å². The lowest BCUT2D eigenvalue weighted by Gasteiger charge is -2.28. The second-order valence-corrected chi connectivity index (χ2v) is 9.17. The molecule has 180 valence electrons. The van der Waals surface area contributed by atoms with Crippen LogP contribution in [-0.4, -0.2) is 48.4 Å². The Morgan fingerprint density at radius 2 is 1.62 bits per heavy atom. The van der Waals surface area contributed by atoms with Crippen molar-refractivity contribution in [3.05, 3.63) is 92.9 Å². The zero-order valence-corrected chi connectivity index (χ0v) is 20.7. The molecule has 0 saturated heterocycles. The summed E-state index contributed by atoms with van der Waals surface area (Å²) in [6, 6.07) is 15.6. The summed E-state index contributed by atoms with van der Waals surface area (Å²) >= 11 is 1.59. The van der Waals surface area contributed by atoms with Crippen LogP contribution in [0.2, 0.25) is 0 Å². The number of hydrogen-bond acceptors (Lipinski definition) is 4. The Bertz CT molecular complexity index is 1080. The van der Waals surface area contributed by atoms with Gasteiger partial charge in [0.15, 0.2) is 0 Å². The van der Waals surface area contributed by atoms with Crippen molar-refractivity contribution in [2.75, 3.05) is 26.8 Å². The molecule has 5 nitrogen and oxygen atoms in total. The number of nitrogens with zero attached hydrogens (tertiary/aromatic N) is 2. The average Bonchev–Trinajstić information content (AvgIpc) is 3.26. The number of benzene rings is 2. The van der Waals surface area contributed by atoms with Crippen molar-refractivity contribution < 1.29 is 18.7 Å². The molecular weight excluding hydrogens is 451 g/mol. The molecule has 0 aliphatic carbocycles. The van der Waals surface area contributed by atoms with E-state index < -0.39 is 0 Å². The maximum Gasteiger partial charge on any atom is 0.254 e. The maximum atomic E-state index is 13.5. The normalized spacial score (nSPS) is 10.8. The average molecular weight is 483 g/mol. The monoisotopic (exact) mass is 482 g/mol. The van der Waals surface area contributed by atoms with E-state index in [2.05, 4.69) is 6.92 Å². The zero-order chi connectivity index (χ0) is 24.5. The molecule has 0 N–H and O–H groups in total. The Labute approximate surface area is 204 Å². The third-order valence-corrected chi connectivity index (χ3v) is 6.74. The van der Waals surface area contributed by atoms with Crippen LogP contribution in [-0.2, 0) is 29.0 Å². The number of hydrogen-bond donors (Lipinski definition) is 0. The Kier molecular flexibility index (Phi) is 9.36. The summed E-state index contributed by atoms with van der Waals surface area (Å²) in [4.78, 5) is 31.1. The highest BCUT2D eigenvalue weighted by atomic mass is 32.1. The molecule has 0 fully saturated rings. The van der Waals surface area contributed by atoms with Crippen LogP contribution < -0.4 is 0 Å². The van der Waals surface area contributed by atoms with E-state index in [1.807, 2.05) is 30.5 Å². The van der Waals surface area contributed by atoms with E-state index in [-0.39, 0.29) is 24.2 Å². The van der Waals surface area contributed by atoms with E-state index in [0.29, 0.717) is 31.8 Å². The van der Waals surface area contributed by atoms with E-state index in [1.165, 1.54) is 17.0 Å². The largest absolute Gasteiger partial charge is 0.383 e. The first-order valence-corrected chi connectivity index (χ1v) is 12.2. The Balaban J connectivity index is 1.81. The van der Waals surface area contributed by atoms with Crippen LogP contribution in [0.5, 0.6) is 0 Å². The molecule has 0 aliphatic heterocycles. The Morgan fingerprint density at radius 3 is 2.21 bits per heavy atom. The first kappa shape index (κ1) is 25.6. The Morgan fingerprint density at radius 1 is 0.941 bits per heavy atom. The van der Waals surface area contributed by atoms with Gasteiger partial charge in [0.2, 0.25) is 5.91 Å². The van der Waals surface area contributed by atoms with Gasteiger partial charge >= 0.3 is 0 Å². The van der Waals surface area contributed by atoms with Crippen molar-refractivity contribution in [2.45, 2.75) is 33.4 Å². The predicted octanol–water partition coefficient (Wildman–Crippen LogP) is 5.08. The Hall–Kier alpha value is -3.03. The third-order valence-electron chi connectivity index (χ3n) is 5.73. The van der Waals surface area contributed by atoms with Gasteiger partial charge in [-0.15, -0.1) is 11.3 Å². The summed E-state index contributed by atoms with van der Waals surface area (Å²) in [5.74, 6) is -0.699. The van der Waals surface area contributed by atoms with E-state index in [1.54, 1.807) is 47.6 Å². The lowest BCUT2D eigenvalue weighted by Crippen LogP contribution is -2.43. The molecule has 0 spiro atoms. The summed E-state index contributed by atoms with van der Waals surface area (Å²) in [7, 11) is 1.57. The number of carbonyl (C=O) groups excluding carboxylic acids is 2. The van der Waals surface area contributed by atoms with Crippen molar-refractivity contribution in [1.82, 2.24) is 9.80 Å². The second kappa shape index (κ2) is 12.4. The van der Waals surface area contributed by atoms with Crippen LogP contribution in [0.1, 0.15) is 38.8 Å². The quantitative estimate of drug-likeness (QED) is 0.383. The van der Waals surface area contributed by atoms with Gasteiger partial charge < -0.3 is 14.5 Å². The van der Waals surface area contributed by atoms with Crippen molar-refractivity contribution in [1.29, 1.82) is 0 Å². The van der Waals surface area contributed by atoms with Crippen LogP contribution in [0.3, 0.4) is 0 Å². The lowest BCUT2D eigenvalue weighted by atomic mass is 10.1. The van der Waals surface area contributed by atoms with Gasteiger partial charge in [0.05, 0.1) is 13.2 Å². The fourth-order valence-corrected chi connectivity index (χ4v) is 4.49. The molecule has 2 amide bonds. The fourth-order valence-electron chi connectivity index (χ4n) is 3.56. The molecule has 0 radical (unpaired) electrons. The minimum atomic E-state index is -0.318. The second-order valence-electron chi connectivity index (χ2n) is 8.17. The fraction of sp³-hybridized carbons (Fsp3) is 0.333. The smallest absolute Gasteiger partial charge is 0.254 e. The number of amides is 2. The van der Waals surface area contributed by atoms with E-state index in [4.69, 9.17) is 4.74 Å². The van der Waals surface area contributed by atoms with Crippen LogP contribution >= 0.6 is 11.3 Å². The van der Waals surface area contributed by atoms with Crippen LogP contribution in [0.15, 0.2) is 60.0 Å². The third kappa shape index (κ3) is 6.98. The maximum absolute atomic E-state index is 13.5. The molecule has 0 bridgehead atoms. The SMILES string of the molecule is CCc1ccc(C(=O)N(CCOC)CC(=O)N(Cc2ccc(F)cc2)Cc2sccc2C)cc1. The number of thiophene rings is 1. The first-order chi connectivity index (χ1) is 16.4. The van der Waals surface area contributed by atoms with Gasteiger partial charge in [-0.05, 0) is 65.7 Å². The number of halogens is 1. The molecule has 3 aromatic rings. The van der Waals surface area contributed by atoms with Crippen molar-refractivity contribution >= 4 is 23.2 Å². The summed E-state index contributed by atoms with van der Waals surface area (Å²) in [6.45, 7) is 5.40. The van der Waals surface area contributed by atoms with Gasteiger partial charge in [-0.2, -0.15) is 0 Å². The van der Waals surface area contributed by atoms with Crippen molar-refractivity contribution in [3.8, 4) is 0 Å². The minimum absolute atomic E-state index is 0.0661. The summed E-state index contributed by atoms with van der Waals surface area (Å²) < 4.78 is 18.6. The molecule has 2 aromatic carbocycles. The number of aryl methyl sites for hydroxylation is 2. The number of methoxy groups -OCH3 is 1. The van der Waals surface area contributed by atoms with Crippen molar-refractivity contribution in [3.63, 3.8) is 0 Å². The van der Waals surface area contributed by atoms with Gasteiger partial charge in [-0.3, -0.25) is 9.59 Å². The van der Waals surface area contributed by atoms with E-state index in [0.717, 1.165) is 28.0 Å². The highest BCUT2D eigenvalue weighted by Crippen LogP contribution is 2.20. The van der Waals surface area contributed by atoms with Crippen LogP contribution in [0.25, 0.3) is 0 Å². The number of carbonyl (C=O) groups is 2.